The van der Waals surface area contributed by atoms with Crippen molar-refractivity contribution in [2.24, 2.45) is 4.99 Å². The number of aliphatic imine (C=N–C) groups is 1. The fourth-order valence-electron chi connectivity index (χ4n) is 4.30. The van der Waals surface area contributed by atoms with Crippen LogP contribution in [0.5, 0.6) is 11.5 Å². The zero-order valence-corrected chi connectivity index (χ0v) is 21.7. The number of aliphatic carboxylic acids is 1. The lowest BCUT2D eigenvalue weighted by molar-refractivity contribution is -0.138. The maximum absolute atomic E-state index is 11.6. The number of anilines is 1. The molecule has 0 aliphatic carbocycles. The van der Waals surface area contributed by atoms with Gasteiger partial charge >= 0.3 is 5.97 Å². The fraction of sp³-hybridized carbons (Fsp3) is 0.407. The molecular formula is C27H34N6O4. The summed E-state index contributed by atoms with van der Waals surface area (Å²) >= 11 is 0. The van der Waals surface area contributed by atoms with Crippen LogP contribution in [0.2, 0.25) is 0 Å². The van der Waals surface area contributed by atoms with Gasteiger partial charge in [-0.05, 0) is 63.9 Å². The van der Waals surface area contributed by atoms with Gasteiger partial charge in [-0.2, -0.15) is 4.99 Å². The minimum absolute atomic E-state index is 0.261. The molecule has 0 radical (unpaired) electrons. The molecule has 0 unspecified atom stereocenters. The molecule has 1 atom stereocenters. The number of likely N-dealkylation sites (tertiary alicyclic amines) is 1. The van der Waals surface area contributed by atoms with Gasteiger partial charge in [-0.3, -0.25) is 9.69 Å². The van der Waals surface area contributed by atoms with E-state index in [-0.39, 0.29) is 5.96 Å². The minimum atomic E-state index is -0.999. The number of rotatable bonds is 9. The number of nitrogens with one attached hydrogen (secondary N) is 2. The molecule has 1 aromatic heterocycles. The number of aryl methyl sites for hydroxylation is 2. The number of fused-ring (bicyclic) bond motifs is 1. The summed E-state index contributed by atoms with van der Waals surface area (Å²) in [6.07, 6.45) is 3.90. The summed E-state index contributed by atoms with van der Waals surface area (Å²) in [6.45, 7) is 9.14. The molecule has 1 aliphatic rings. The number of benzene rings is 2. The Morgan fingerprint density at radius 1 is 1.16 bits per heavy atom. The van der Waals surface area contributed by atoms with Crippen molar-refractivity contribution >= 4 is 34.3 Å². The molecule has 4 rings (SSSR count). The van der Waals surface area contributed by atoms with Crippen molar-refractivity contribution in [2.45, 2.75) is 39.7 Å². The van der Waals surface area contributed by atoms with Crippen molar-refractivity contribution in [3.05, 3.63) is 47.8 Å². The molecule has 196 valence electrons. The Hall–Kier alpha value is -3.92. The fourth-order valence-corrected chi connectivity index (χ4v) is 4.30. The molecule has 0 amide bonds. The highest BCUT2D eigenvalue weighted by Crippen LogP contribution is 2.35. The van der Waals surface area contributed by atoms with Crippen molar-refractivity contribution in [3.63, 3.8) is 0 Å². The third kappa shape index (κ3) is 6.45. The average Bonchev–Trinajstić information content (AvgIpc) is 3.39. The lowest BCUT2D eigenvalue weighted by atomic mass is 10.1. The number of ether oxygens (including phenoxy) is 2. The summed E-state index contributed by atoms with van der Waals surface area (Å²) in [5.41, 5.74) is 3.49. The van der Waals surface area contributed by atoms with Gasteiger partial charge in [0.2, 0.25) is 5.96 Å². The van der Waals surface area contributed by atoms with Gasteiger partial charge in [-0.15, -0.1) is 0 Å². The summed E-state index contributed by atoms with van der Waals surface area (Å²) in [4.78, 5) is 27.4. The van der Waals surface area contributed by atoms with Crippen LogP contribution in [0.15, 0.2) is 41.7 Å². The largest absolute Gasteiger partial charge is 0.493 e. The van der Waals surface area contributed by atoms with E-state index in [2.05, 4.69) is 30.5 Å². The number of para-hydroxylation sites is 1. The Morgan fingerprint density at radius 3 is 2.57 bits per heavy atom. The van der Waals surface area contributed by atoms with Crippen LogP contribution >= 0.6 is 0 Å². The number of carboxylic acids is 1. The first-order valence-electron chi connectivity index (χ1n) is 12.4. The Balaban J connectivity index is 1.67. The number of aromatic nitrogens is 2. The van der Waals surface area contributed by atoms with Gasteiger partial charge in [0.05, 0.1) is 12.6 Å². The average molecular weight is 507 g/mol. The van der Waals surface area contributed by atoms with E-state index < -0.39 is 12.0 Å². The first kappa shape index (κ1) is 26.2. The predicted molar refractivity (Wildman–Crippen MR) is 144 cm³/mol. The lowest BCUT2D eigenvalue weighted by Gasteiger charge is -2.18. The smallest absolute Gasteiger partial charge is 0.325 e. The number of carbonyl (C=O) groups is 1. The van der Waals surface area contributed by atoms with Crippen LogP contribution in [0.4, 0.5) is 11.5 Å². The summed E-state index contributed by atoms with van der Waals surface area (Å²) < 4.78 is 11.7. The quantitative estimate of drug-likeness (QED) is 0.293. The topological polar surface area (TPSA) is 121 Å². The highest BCUT2D eigenvalue weighted by Gasteiger charge is 2.17. The van der Waals surface area contributed by atoms with Gasteiger partial charge in [0.1, 0.15) is 19.0 Å². The molecule has 10 heteroatoms. The first-order chi connectivity index (χ1) is 17.9. The number of hydrogen-bond donors (Lipinski definition) is 3. The Morgan fingerprint density at radius 2 is 1.89 bits per heavy atom. The standard InChI is InChI=1S/C27H34N6O4/c1-17-8-7-9-18(2)24(17)31-27(30-19(3)26(34)35)32-25-20-14-22(36-4)23(15-21(20)28-16-29-25)37-13-12-33-10-5-6-11-33/h7-9,14-16,19H,5-6,10-13H2,1-4H3,(H,34,35)(H2,28,29,30,31,32)/t19-/m0/s1. The Bertz CT molecular complexity index is 1270. The summed E-state index contributed by atoms with van der Waals surface area (Å²) in [5.74, 6) is 0.787. The molecular weight excluding hydrogens is 472 g/mol. The summed E-state index contributed by atoms with van der Waals surface area (Å²) in [7, 11) is 1.59. The van der Waals surface area contributed by atoms with Crippen molar-refractivity contribution in [2.75, 3.05) is 38.7 Å². The van der Waals surface area contributed by atoms with Gasteiger partial charge in [0.15, 0.2) is 17.3 Å². The monoisotopic (exact) mass is 506 g/mol. The van der Waals surface area contributed by atoms with Gasteiger partial charge in [-0.25, -0.2) is 9.97 Å². The Kier molecular flexibility index (Phi) is 8.39. The number of nitrogens with zero attached hydrogens (tertiary/aromatic N) is 4. The Labute approximate surface area is 216 Å². The molecule has 3 aromatic rings. The highest BCUT2D eigenvalue weighted by atomic mass is 16.5. The van der Waals surface area contributed by atoms with E-state index in [1.807, 2.05) is 38.1 Å². The van der Waals surface area contributed by atoms with Crippen molar-refractivity contribution in [3.8, 4) is 11.5 Å². The van der Waals surface area contributed by atoms with Crippen LogP contribution in [0.3, 0.4) is 0 Å². The van der Waals surface area contributed by atoms with E-state index in [0.717, 1.165) is 36.4 Å². The van der Waals surface area contributed by atoms with E-state index in [1.54, 1.807) is 20.1 Å². The van der Waals surface area contributed by atoms with Crippen LogP contribution < -0.4 is 20.1 Å². The number of hydrogen-bond acceptors (Lipinski definition) is 7. The van der Waals surface area contributed by atoms with E-state index >= 15 is 0 Å². The molecule has 0 spiro atoms. The molecule has 37 heavy (non-hydrogen) atoms. The van der Waals surface area contributed by atoms with Gasteiger partial charge < -0.3 is 25.2 Å². The SMILES string of the molecule is COc1cc2c(N=C(Nc3c(C)cccc3C)N[C@@H](C)C(=O)O)ncnc2cc1OCCN1CCCC1. The van der Waals surface area contributed by atoms with Crippen molar-refractivity contribution in [1.29, 1.82) is 0 Å². The second-order valence-corrected chi connectivity index (χ2v) is 9.17. The molecule has 2 aromatic carbocycles. The molecule has 0 bridgehead atoms. The van der Waals surface area contributed by atoms with E-state index in [4.69, 9.17) is 9.47 Å². The zero-order chi connectivity index (χ0) is 26.4. The maximum atomic E-state index is 11.6. The molecule has 1 aliphatic heterocycles. The van der Waals surface area contributed by atoms with Crippen LogP contribution in [-0.2, 0) is 4.79 Å². The van der Waals surface area contributed by atoms with Crippen LogP contribution in [-0.4, -0.2) is 71.3 Å². The normalized spacial score (nSPS) is 15.0. The van der Waals surface area contributed by atoms with Gasteiger partial charge in [0, 0.05) is 23.7 Å². The second-order valence-electron chi connectivity index (χ2n) is 9.17. The molecule has 2 heterocycles. The second kappa shape index (κ2) is 11.9. The third-order valence-electron chi connectivity index (χ3n) is 6.43. The van der Waals surface area contributed by atoms with Crippen LogP contribution in [0.1, 0.15) is 30.9 Å². The predicted octanol–water partition coefficient (Wildman–Crippen LogP) is 3.89. The van der Waals surface area contributed by atoms with E-state index in [9.17, 15) is 9.90 Å². The van der Waals surface area contributed by atoms with Crippen molar-refractivity contribution in [1.82, 2.24) is 20.2 Å². The van der Waals surface area contributed by atoms with Crippen molar-refractivity contribution < 1.29 is 19.4 Å². The van der Waals surface area contributed by atoms with E-state index in [0.29, 0.717) is 34.8 Å². The first-order valence-corrected chi connectivity index (χ1v) is 12.4. The lowest BCUT2D eigenvalue weighted by Crippen LogP contribution is -2.42. The zero-order valence-electron chi connectivity index (χ0n) is 21.7. The van der Waals surface area contributed by atoms with Crippen LogP contribution in [0, 0.1) is 13.8 Å². The summed E-state index contributed by atoms with van der Waals surface area (Å²) in [5, 5.41) is 16.3. The molecule has 1 fully saturated rings. The number of methoxy groups -OCH3 is 1. The minimum Gasteiger partial charge on any atom is -0.493 e. The van der Waals surface area contributed by atoms with Gasteiger partial charge in [-0.1, -0.05) is 18.2 Å². The molecule has 3 N–H and O–H groups in total. The molecule has 0 saturated carbocycles. The number of guanidine groups is 1. The number of carboxylic acid groups (broad SMARTS) is 1. The van der Waals surface area contributed by atoms with Gasteiger partial charge in [0.25, 0.3) is 0 Å². The third-order valence-corrected chi connectivity index (χ3v) is 6.43. The van der Waals surface area contributed by atoms with Crippen LogP contribution in [0.25, 0.3) is 10.9 Å². The summed E-state index contributed by atoms with van der Waals surface area (Å²) in [6, 6.07) is 8.66. The highest BCUT2D eigenvalue weighted by molar-refractivity contribution is 6.01. The molecule has 1 saturated heterocycles. The van der Waals surface area contributed by atoms with E-state index in [1.165, 1.54) is 19.2 Å². The maximum Gasteiger partial charge on any atom is 0.325 e. The molecule has 10 nitrogen and oxygen atoms in total.